The summed E-state index contributed by atoms with van der Waals surface area (Å²) in [6, 6.07) is 3.64. The number of benzene rings is 1. The second kappa shape index (κ2) is 5.95. The molecule has 1 aromatic carbocycles. The zero-order valence-electron chi connectivity index (χ0n) is 10.3. The zero-order chi connectivity index (χ0) is 13.8. The average molecular weight is 263 g/mol. The van der Waals surface area contributed by atoms with E-state index in [-0.39, 0.29) is 13.2 Å². The number of rotatable bonds is 5. The summed E-state index contributed by atoms with van der Waals surface area (Å²) in [5, 5.41) is 0. The van der Waals surface area contributed by atoms with Gasteiger partial charge in [0.2, 0.25) is 0 Å². The number of nitrogen functional groups attached to an aromatic ring is 1. The monoisotopic (exact) mass is 263 g/mol. The minimum Gasteiger partial charge on any atom is -0.489 e. The Morgan fingerprint density at radius 3 is 2.39 bits per heavy atom. The van der Waals surface area contributed by atoms with Crippen LogP contribution >= 0.6 is 0 Å². The van der Waals surface area contributed by atoms with Gasteiger partial charge in [0.1, 0.15) is 19.0 Å². The molecule has 0 radical (unpaired) electrons. The van der Waals surface area contributed by atoms with Crippen LogP contribution in [-0.2, 0) is 4.74 Å². The number of ether oxygens (including phenoxy) is 2. The zero-order valence-corrected chi connectivity index (χ0v) is 10.3. The van der Waals surface area contributed by atoms with Crippen LogP contribution in [0.5, 0.6) is 5.75 Å². The Bertz CT molecular complexity index is 382. The van der Waals surface area contributed by atoms with Crippen LogP contribution in [0.25, 0.3) is 0 Å². The van der Waals surface area contributed by atoms with Crippen LogP contribution in [0.3, 0.4) is 0 Å². The maximum atomic E-state index is 11.8. The molecule has 1 aromatic rings. The summed E-state index contributed by atoms with van der Waals surface area (Å²) in [6.45, 7) is 2.37. The molecular formula is C12H16F3NO2. The van der Waals surface area contributed by atoms with Gasteiger partial charge < -0.3 is 15.2 Å². The van der Waals surface area contributed by atoms with Gasteiger partial charge in [0.25, 0.3) is 0 Å². The van der Waals surface area contributed by atoms with Crippen molar-refractivity contribution in [3.63, 3.8) is 0 Å². The Balaban J connectivity index is 2.41. The van der Waals surface area contributed by atoms with Crippen molar-refractivity contribution in [2.24, 2.45) is 0 Å². The van der Waals surface area contributed by atoms with E-state index in [1.807, 2.05) is 19.9 Å². The van der Waals surface area contributed by atoms with E-state index in [0.717, 1.165) is 11.1 Å². The first-order valence-electron chi connectivity index (χ1n) is 5.43. The first-order valence-corrected chi connectivity index (χ1v) is 5.43. The Kier molecular flexibility index (Phi) is 4.84. The van der Waals surface area contributed by atoms with Gasteiger partial charge in [0.05, 0.1) is 12.3 Å². The number of halogens is 3. The lowest BCUT2D eigenvalue weighted by molar-refractivity contribution is -0.175. The van der Waals surface area contributed by atoms with Crippen molar-refractivity contribution >= 4 is 5.69 Å². The van der Waals surface area contributed by atoms with Crippen LogP contribution in [0.15, 0.2) is 12.1 Å². The quantitative estimate of drug-likeness (QED) is 0.656. The van der Waals surface area contributed by atoms with Crippen LogP contribution in [0.4, 0.5) is 18.9 Å². The predicted octanol–water partition coefficient (Wildman–Crippen LogP) is 2.84. The minimum absolute atomic E-state index is 0.0319. The Labute approximate surface area is 104 Å². The largest absolute Gasteiger partial charge is 0.489 e. The summed E-state index contributed by atoms with van der Waals surface area (Å²) >= 11 is 0. The molecule has 0 heterocycles. The molecule has 0 aromatic heterocycles. The predicted molar refractivity (Wildman–Crippen MR) is 62.7 cm³/mol. The SMILES string of the molecule is Cc1cc(C)c(OCCOCC(F)(F)F)c(N)c1. The van der Waals surface area contributed by atoms with E-state index >= 15 is 0 Å². The highest BCUT2D eigenvalue weighted by atomic mass is 19.4. The van der Waals surface area contributed by atoms with Crippen LogP contribution in [0, 0.1) is 13.8 Å². The van der Waals surface area contributed by atoms with E-state index in [0.29, 0.717) is 11.4 Å². The number of alkyl halides is 3. The lowest BCUT2D eigenvalue weighted by Crippen LogP contribution is -2.19. The number of anilines is 1. The summed E-state index contributed by atoms with van der Waals surface area (Å²) in [4.78, 5) is 0. The van der Waals surface area contributed by atoms with Gasteiger partial charge in [-0.2, -0.15) is 13.2 Å². The van der Waals surface area contributed by atoms with Crippen LogP contribution in [0.2, 0.25) is 0 Å². The lowest BCUT2D eigenvalue weighted by atomic mass is 10.1. The fourth-order valence-electron chi connectivity index (χ4n) is 1.57. The minimum atomic E-state index is -4.31. The van der Waals surface area contributed by atoms with E-state index in [2.05, 4.69) is 4.74 Å². The third kappa shape index (κ3) is 4.83. The lowest BCUT2D eigenvalue weighted by Gasteiger charge is -2.13. The molecule has 0 amide bonds. The van der Waals surface area contributed by atoms with Crippen molar-refractivity contribution in [1.29, 1.82) is 0 Å². The van der Waals surface area contributed by atoms with Crippen molar-refractivity contribution in [2.45, 2.75) is 20.0 Å². The van der Waals surface area contributed by atoms with E-state index in [4.69, 9.17) is 10.5 Å². The number of nitrogens with two attached hydrogens (primary N) is 1. The standard InChI is InChI=1S/C12H16F3NO2/c1-8-5-9(2)11(10(16)6-8)18-4-3-17-7-12(13,14)15/h5-6H,3-4,7,16H2,1-2H3. The summed E-state index contributed by atoms with van der Waals surface area (Å²) in [5.41, 5.74) is 8.09. The third-order valence-electron chi connectivity index (χ3n) is 2.19. The number of hydrogen-bond donors (Lipinski definition) is 1. The Morgan fingerprint density at radius 2 is 1.83 bits per heavy atom. The molecule has 0 aliphatic carbocycles. The first kappa shape index (κ1) is 14.6. The fraction of sp³-hybridized carbons (Fsp3) is 0.500. The highest BCUT2D eigenvalue weighted by molar-refractivity contribution is 5.58. The van der Waals surface area contributed by atoms with Crippen molar-refractivity contribution in [1.82, 2.24) is 0 Å². The molecule has 2 N–H and O–H groups in total. The van der Waals surface area contributed by atoms with Crippen molar-refractivity contribution in [3.05, 3.63) is 23.3 Å². The fourth-order valence-corrected chi connectivity index (χ4v) is 1.57. The molecule has 0 saturated carbocycles. The van der Waals surface area contributed by atoms with Crippen molar-refractivity contribution in [3.8, 4) is 5.75 Å². The summed E-state index contributed by atoms with van der Waals surface area (Å²) in [6.07, 6.45) is -4.31. The number of aryl methyl sites for hydroxylation is 2. The van der Waals surface area contributed by atoms with Gasteiger partial charge in [-0.3, -0.25) is 0 Å². The first-order chi connectivity index (χ1) is 8.29. The van der Waals surface area contributed by atoms with Gasteiger partial charge in [-0.15, -0.1) is 0 Å². The Hall–Kier alpha value is -1.43. The second-order valence-corrected chi connectivity index (χ2v) is 4.02. The molecular weight excluding hydrogens is 247 g/mol. The molecule has 0 saturated heterocycles. The maximum Gasteiger partial charge on any atom is 0.411 e. The molecule has 102 valence electrons. The highest BCUT2D eigenvalue weighted by Crippen LogP contribution is 2.27. The molecule has 0 unspecified atom stereocenters. The molecule has 0 atom stereocenters. The molecule has 1 rings (SSSR count). The van der Waals surface area contributed by atoms with Gasteiger partial charge in [0, 0.05) is 0 Å². The van der Waals surface area contributed by atoms with Crippen LogP contribution in [0.1, 0.15) is 11.1 Å². The van der Waals surface area contributed by atoms with Gasteiger partial charge in [0.15, 0.2) is 0 Å². The molecule has 0 fully saturated rings. The van der Waals surface area contributed by atoms with Crippen molar-refractivity contribution < 1.29 is 22.6 Å². The van der Waals surface area contributed by atoms with E-state index in [1.54, 1.807) is 6.07 Å². The second-order valence-electron chi connectivity index (χ2n) is 4.02. The average Bonchev–Trinajstić information content (AvgIpc) is 2.19. The number of hydrogen-bond acceptors (Lipinski definition) is 3. The molecule has 0 aliphatic rings. The third-order valence-corrected chi connectivity index (χ3v) is 2.19. The smallest absolute Gasteiger partial charge is 0.411 e. The molecule has 6 heteroatoms. The molecule has 18 heavy (non-hydrogen) atoms. The van der Waals surface area contributed by atoms with Gasteiger partial charge in [-0.1, -0.05) is 6.07 Å². The summed E-state index contributed by atoms with van der Waals surface area (Å²) in [5.74, 6) is 0.496. The van der Waals surface area contributed by atoms with E-state index < -0.39 is 12.8 Å². The maximum absolute atomic E-state index is 11.8. The Morgan fingerprint density at radius 1 is 1.17 bits per heavy atom. The summed E-state index contributed by atoms with van der Waals surface area (Å²) in [7, 11) is 0. The molecule has 3 nitrogen and oxygen atoms in total. The van der Waals surface area contributed by atoms with Crippen LogP contribution in [-0.4, -0.2) is 26.0 Å². The van der Waals surface area contributed by atoms with Gasteiger partial charge in [-0.05, 0) is 31.0 Å². The summed E-state index contributed by atoms with van der Waals surface area (Å²) < 4.78 is 45.1. The van der Waals surface area contributed by atoms with E-state index in [9.17, 15) is 13.2 Å². The van der Waals surface area contributed by atoms with E-state index in [1.165, 1.54) is 0 Å². The topological polar surface area (TPSA) is 44.5 Å². The normalized spacial score (nSPS) is 11.6. The van der Waals surface area contributed by atoms with Crippen molar-refractivity contribution in [2.75, 3.05) is 25.6 Å². The van der Waals surface area contributed by atoms with Crippen LogP contribution < -0.4 is 10.5 Å². The molecule has 0 bridgehead atoms. The van der Waals surface area contributed by atoms with Gasteiger partial charge >= 0.3 is 6.18 Å². The van der Waals surface area contributed by atoms with Gasteiger partial charge in [-0.25, -0.2) is 0 Å². The molecule has 0 spiro atoms. The highest BCUT2D eigenvalue weighted by Gasteiger charge is 2.27. The molecule has 0 aliphatic heterocycles.